The molecule has 226 valence electrons. The third kappa shape index (κ3) is 9.82. The lowest BCUT2D eigenvalue weighted by Gasteiger charge is -2.44. The number of carbonyl (C=O) groups excluding carboxylic acids is 5. The van der Waals surface area contributed by atoms with Gasteiger partial charge in [-0.1, -0.05) is 23.7 Å². The minimum absolute atomic E-state index is 0.0532. The minimum Gasteiger partial charge on any atom is -0.463 e. The van der Waals surface area contributed by atoms with Crippen molar-refractivity contribution in [3.63, 3.8) is 0 Å². The average molecular weight is 607 g/mol. The van der Waals surface area contributed by atoms with E-state index in [0.717, 1.165) is 26.3 Å². The van der Waals surface area contributed by atoms with Gasteiger partial charge < -0.3 is 33.2 Å². The van der Waals surface area contributed by atoms with E-state index in [1.807, 2.05) is 0 Å². The van der Waals surface area contributed by atoms with Gasteiger partial charge in [-0.2, -0.15) is 0 Å². The fourth-order valence-corrected chi connectivity index (χ4v) is 4.22. The van der Waals surface area contributed by atoms with Crippen molar-refractivity contribution in [3.8, 4) is 5.75 Å². The van der Waals surface area contributed by atoms with Crippen molar-refractivity contribution in [1.82, 2.24) is 0 Å². The highest BCUT2D eigenvalue weighted by Crippen LogP contribution is 2.30. The smallest absolute Gasteiger partial charge is 0.343 e. The van der Waals surface area contributed by atoms with Gasteiger partial charge in [0.15, 0.2) is 24.6 Å². The highest BCUT2D eigenvalue weighted by Gasteiger charge is 2.52. The van der Waals surface area contributed by atoms with Gasteiger partial charge >= 0.3 is 29.8 Å². The molecule has 3 rings (SSSR count). The Morgan fingerprint density at radius 2 is 1.31 bits per heavy atom. The van der Waals surface area contributed by atoms with Gasteiger partial charge in [-0.15, -0.1) is 0 Å². The predicted octanol–water partition coefficient (Wildman–Crippen LogP) is 3.20. The van der Waals surface area contributed by atoms with Crippen LogP contribution in [-0.2, 0) is 54.0 Å². The molecule has 0 unspecified atom stereocenters. The van der Waals surface area contributed by atoms with Crippen molar-refractivity contribution < 1.29 is 57.1 Å². The minimum atomic E-state index is -1.32. The summed E-state index contributed by atoms with van der Waals surface area (Å²) in [6, 6.07) is 13.0. The van der Waals surface area contributed by atoms with Gasteiger partial charge in [0.1, 0.15) is 18.5 Å². The zero-order valence-corrected chi connectivity index (χ0v) is 24.2. The molecule has 0 N–H and O–H groups in total. The zero-order chi connectivity index (χ0) is 30.8. The van der Waals surface area contributed by atoms with Crippen LogP contribution in [0.3, 0.4) is 0 Å². The van der Waals surface area contributed by atoms with Gasteiger partial charge in [0.2, 0.25) is 0 Å². The molecule has 0 amide bonds. The van der Waals surface area contributed by atoms with E-state index in [1.165, 1.54) is 6.92 Å². The summed E-state index contributed by atoms with van der Waals surface area (Å²) < 4.78 is 38.4. The van der Waals surface area contributed by atoms with E-state index < -0.39 is 60.6 Å². The van der Waals surface area contributed by atoms with E-state index in [4.69, 9.17) is 44.8 Å². The molecular weight excluding hydrogens is 576 g/mol. The molecule has 12 nitrogen and oxygen atoms in total. The standard InChI is InChI=1S/C29H31ClO12/c1-16(31)37-15-24-25(38-17(2)32)26(39-18(3)33)27(40-19(4)34)29(42-24)36-14-13-20-5-11-23(12-6-20)41-28(35)21-7-9-22(30)10-8-21/h5-12,24-27,29H,13-15H2,1-4H3/t24-,25-,26+,27-,29-/m1/s1. The van der Waals surface area contributed by atoms with Crippen LogP contribution in [0.25, 0.3) is 0 Å². The lowest BCUT2D eigenvalue weighted by Crippen LogP contribution is -2.63. The molecule has 0 radical (unpaired) electrons. The molecule has 1 saturated heterocycles. The van der Waals surface area contributed by atoms with E-state index in [1.54, 1.807) is 48.5 Å². The number of halogens is 1. The monoisotopic (exact) mass is 606 g/mol. The normalized spacial score (nSPS) is 21.5. The molecule has 0 aliphatic carbocycles. The van der Waals surface area contributed by atoms with Crippen LogP contribution in [0.4, 0.5) is 0 Å². The first-order chi connectivity index (χ1) is 19.9. The Hall–Kier alpha value is -4.00. The van der Waals surface area contributed by atoms with Crippen LogP contribution in [-0.4, -0.2) is 73.8 Å². The van der Waals surface area contributed by atoms with Crippen molar-refractivity contribution in [2.45, 2.75) is 64.8 Å². The van der Waals surface area contributed by atoms with Gasteiger partial charge in [-0.05, 0) is 48.4 Å². The molecule has 42 heavy (non-hydrogen) atoms. The molecule has 0 saturated carbocycles. The molecule has 1 heterocycles. The average Bonchev–Trinajstić information content (AvgIpc) is 2.91. The number of rotatable bonds is 11. The maximum Gasteiger partial charge on any atom is 0.343 e. The van der Waals surface area contributed by atoms with E-state index >= 15 is 0 Å². The van der Waals surface area contributed by atoms with Crippen LogP contribution >= 0.6 is 11.6 Å². The molecule has 2 aromatic rings. The third-order valence-corrected chi connectivity index (χ3v) is 6.09. The van der Waals surface area contributed by atoms with Crippen molar-refractivity contribution in [1.29, 1.82) is 0 Å². The first-order valence-electron chi connectivity index (χ1n) is 12.9. The first-order valence-corrected chi connectivity index (χ1v) is 13.3. The first kappa shape index (κ1) is 32.5. The van der Waals surface area contributed by atoms with Crippen LogP contribution in [0.2, 0.25) is 5.02 Å². The van der Waals surface area contributed by atoms with Crippen LogP contribution in [0, 0.1) is 0 Å². The Morgan fingerprint density at radius 1 is 0.738 bits per heavy atom. The topological polar surface area (TPSA) is 150 Å². The SMILES string of the molecule is CC(=O)OC[C@H]1O[C@@H](OCCc2ccc(OC(=O)c3ccc(Cl)cc3)cc2)[C@H](OC(C)=O)[C@@H](OC(C)=O)[C@@H]1OC(C)=O. The Labute approximate surface area is 247 Å². The Kier molecular flexibility index (Phi) is 11.8. The molecule has 1 aliphatic rings. The second-order valence-corrected chi connectivity index (χ2v) is 9.67. The van der Waals surface area contributed by atoms with Gasteiger partial charge in [0.25, 0.3) is 0 Å². The van der Waals surface area contributed by atoms with Crippen LogP contribution in [0.15, 0.2) is 48.5 Å². The second-order valence-electron chi connectivity index (χ2n) is 9.23. The molecule has 13 heteroatoms. The van der Waals surface area contributed by atoms with Gasteiger partial charge in [-0.25, -0.2) is 4.79 Å². The number of benzene rings is 2. The predicted molar refractivity (Wildman–Crippen MR) is 144 cm³/mol. The fourth-order valence-electron chi connectivity index (χ4n) is 4.09. The summed E-state index contributed by atoms with van der Waals surface area (Å²) in [5, 5.41) is 0.502. The lowest BCUT2D eigenvalue weighted by atomic mass is 9.98. The van der Waals surface area contributed by atoms with Crippen molar-refractivity contribution in [2.24, 2.45) is 0 Å². The van der Waals surface area contributed by atoms with Crippen molar-refractivity contribution >= 4 is 41.4 Å². The van der Waals surface area contributed by atoms with Crippen LogP contribution in [0.5, 0.6) is 5.75 Å². The summed E-state index contributed by atoms with van der Waals surface area (Å²) in [7, 11) is 0. The van der Waals surface area contributed by atoms with Gasteiger partial charge in [0.05, 0.1) is 12.2 Å². The Morgan fingerprint density at radius 3 is 1.88 bits per heavy atom. The highest BCUT2D eigenvalue weighted by atomic mass is 35.5. The highest BCUT2D eigenvalue weighted by molar-refractivity contribution is 6.30. The van der Waals surface area contributed by atoms with Gasteiger partial charge in [-0.3, -0.25) is 19.2 Å². The molecule has 1 aliphatic heterocycles. The second kappa shape index (κ2) is 15.3. The summed E-state index contributed by atoms with van der Waals surface area (Å²) in [6.07, 6.45) is -5.90. The van der Waals surface area contributed by atoms with Crippen molar-refractivity contribution in [2.75, 3.05) is 13.2 Å². The van der Waals surface area contributed by atoms with Crippen LogP contribution < -0.4 is 4.74 Å². The van der Waals surface area contributed by atoms with Crippen LogP contribution in [0.1, 0.15) is 43.6 Å². The number of esters is 5. The summed E-state index contributed by atoms with van der Waals surface area (Å²) in [4.78, 5) is 59.5. The Balaban J connectivity index is 1.70. The maximum atomic E-state index is 12.3. The zero-order valence-electron chi connectivity index (χ0n) is 23.4. The van der Waals surface area contributed by atoms with E-state index in [2.05, 4.69) is 0 Å². The molecule has 2 aromatic carbocycles. The molecule has 5 atom stereocenters. The van der Waals surface area contributed by atoms with Crippen molar-refractivity contribution in [3.05, 3.63) is 64.7 Å². The number of ether oxygens (including phenoxy) is 7. The summed E-state index contributed by atoms with van der Waals surface area (Å²) >= 11 is 5.85. The third-order valence-electron chi connectivity index (χ3n) is 5.83. The fraction of sp³-hybridized carbons (Fsp3) is 0.414. The number of hydrogen-bond acceptors (Lipinski definition) is 12. The molecule has 0 aromatic heterocycles. The summed E-state index contributed by atoms with van der Waals surface area (Å²) in [6.45, 7) is 4.31. The lowest BCUT2D eigenvalue weighted by molar-refractivity contribution is -0.307. The Bertz CT molecular complexity index is 1260. The van der Waals surface area contributed by atoms with Gasteiger partial charge in [0, 0.05) is 32.7 Å². The summed E-state index contributed by atoms with van der Waals surface area (Å²) in [5.41, 5.74) is 1.16. The van der Waals surface area contributed by atoms with E-state index in [-0.39, 0.29) is 13.2 Å². The number of carbonyl (C=O) groups is 5. The molecule has 1 fully saturated rings. The van der Waals surface area contributed by atoms with E-state index in [9.17, 15) is 24.0 Å². The quantitative estimate of drug-likeness (QED) is 0.210. The number of hydrogen-bond donors (Lipinski definition) is 0. The molecule has 0 spiro atoms. The molecular formula is C29H31ClO12. The maximum absolute atomic E-state index is 12.3. The largest absolute Gasteiger partial charge is 0.463 e. The summed E-state index contributed by atoms with van der Waals surface area (Å²) in [5.74, 6) is -3.01. The molecule has 0 bridgehead atoms. The van der Waals surface area contributed by atoms with E-state index in [0.29, 0.717) is 22.8 Å².